The molecule has 21 heavy (non-hydrogen) atoms. The Balaban J connectivity index is 2.41. The molecule has 7 nitrogen and oxygen atoms in total. The van der Waals surface area contributed by atoms with Gasteiger partial charge in [-0.2, -0.15) is 0 Å². The van der Waals surface area contributed by atoms with Crippen molar-refractivity contribution < 1.29 is 4.92 Å². The molecule has 0 atom stereocenters. The Morgan fingerprint density at radius 3 is 2.67 bits per heavy atom. The van der Waals surface area contributed by atoms with Crippen molar-refractivity contribution in [2.75, 3.05) is 6.54 Å². The summed E-state index contributed by atoms with van der Waals surface area (Å²) in [6.07, 6.45) is 3.13. The second kappa shape index (κ2) is 6.00. The lowest BCUT2D eigenvalue weighted by atomic mass is 10.2. The first kappa shape index (κ1) is 14.4. The molecule has 0 saturated carbocycles. The van der Waals surface area contributed by atoms with E-state index in [0.717, 1.165) is 0 Å². The highest BCUT2D eigenvalue weighted by atomic mass is 16.6. The zero-order chi connectivity index (χ0) is 15.4. The van der Waals surface area contributed by atoms with E-state index < -0.39 is 4.92 Å². The fourth-order valence-corrected chi connectivity index (χ4v) is 1.84. The Labute approximate surface area is 120 Å². The van der Waals surface area contributed by atoms with Crippen LogP contribution >= 0.6 is 0 Å². The monoisotopic (exact) mass is 286 g/mol. The summed E-state index contributed by atoms with van der Waals surface area (Å²) in [7, 11) is 0. The van der Waals surface area contributed by atoms with E-state index in [2.05, 4.69) is 16.7 Å². The van der Waals surface area contributed by atoms with Crippen LogP contribution in [0.25, 0.3) is 5.69 Å². The second-order valence-corrected chi connectivity index (χ2v) is 4.35. The smallest absolute Gasteiger partial charge is 0.280 e. The first-order chi connectivity index (χ1) is 10.0. The van der Waals surface area contributed by atoms with E-state index in [0.29, 0.717) is 23.5 Å². The van der Waals surface area contributed by atoms with Crippen LogP contribution in [0.5, 0.6) is 0 Å². The number of rotatable bonds is 5. The van der Waals surface area contributed by atoms with Gasteiger partial charge in [-0.1, -0.05) is 6.08 Å². The average Bonchev–Trinajstić information content (AvgIpc) is 2.75. The van der Waals surface area contributed by atoms with E-state index in [-0.39, 0.29) is 11.2 Å². The predicted octanol–water partition coefficient (Wildman–Crippen LogP) is 1.99. The predicted molar refractivity (Wildman–Crippen MR) is 80.4 cm³/mol. The van der Waals surface area contributed by atoms with Crippen molar-refractivity contribution in [2.24, 2.45) is 4.99 Å². The molecule has 1 heterocycles. The van der Waals surface area contributed by atoms with Gasteiger partial charge in [-0.25, -0.2) is 4.68 Å². The van der Waals surface area contributed by atoms with Crippen LogP contribution in [-0.4, -0.2) is 27.5 Å². The number of aliphatic imine (C=N–C) groups is 1. The van der Waals surface area contributed by atoms with Crippen LogP contribution in [0.2, 0.25) is 0 Å². The summed E-state index contributed by atoms with van der Waals surface area (Å²) in [6.45, 7) is 5.75. The fraction of sp³-hybridized carbons (Fsp3) is 0.143. The molecular formula is C14H14N4O3. The standard InChI is InChI=1S/C14H14N4O3/c1-3-8-15-9-13-10(2)16-17(14(13)19)11-4-6-12(7-5-11)18(20)21/h3-7,9,16H,1,8H2,2H3. The number of hydrogen-bond acceptors (Lipinski definition) is 4. The molecule has 0 radical (unpaired) electrons. The zero-order valence-electron chi connectivity index (χ0n) is 11.4. The summed E-state index contributed by atoms with van der Waals surface area (Å²) < 4.78 is 1.33. The molecule has 0 amide bonds. The maximum atomic E-state index is 12.3. The minimum atomic E-state index is -0.486. The summed E-state index contributed by atoms with van der Waals surface area (Å²) in [4.78, 5) is 26.5. The van der Waals surface area contributed by atoms with Gasteiger partial charge in [0.25, 0.3) is 11.2 Å². The molecular weight excluding hydrogens is 272 g/mol. The summed E-state index contributed by atoms with van der Waals surface area (Å²) in [5, 5.41) is 13.5. The quantitative estimate of drug-likeness (QED) is 0.394. The molecule has 0 unspecified atom stereocenters. The number of nitrogens with zero attached hydrogens (tertiary/aromatic N) is 3. The topological polar surface area (TPSA) is 93.3 Å². The summed E-state index contributed by atoms with van der Waals surface area (Å²) in [5.74, 6) is 0. The van der Waals surface area contributed by atoms with Gasteiger partial charge in [0.15, 0.2) is 0 Å². The fourth-order valence-electron chi connectivity index (χ4n) is 1.84. The highest BCUT2D eigenvalue weighted by Crippen LogP contribution is 2.14. The number of nitro groups is 1. The van der Waals surface area contributed by atoms with Gasteiger partial charge in [0.1, 0.15) is 0 Å². The minimum absolute atomic E-state index is 0.0251. The van der Waals surface area contributed by atoms with E-state index in [4.69, 9.17) is 0 Å². The molecule has 2 aromatic rings. The van der Waals surface area contributed by atoms with Crippen molar-refractivity contribution in [1.29, 1.82) is 0 Å². The number of aromatic nitrogens is 2. The molecule has 108 valence electrons. The first-order valence-corrected chi connectivity index (χ1v) is 6.21. The average molecular weight is 286 g/mol. The lowest BCUT2D eigenvalue weighted by Gasteiger charge is -2.00. The molecule has 0 saturated heterocycles. The number of nitro benzene ring substituents is 1. The molecule has 0 aliphatic rings. The Morgan fingerprint density at radius 1 is 1.43 bits per heavy atom. The Bertz CT molecular complexity index is 754. The van der Waals surface area contributed by atoms with Gasteiger partial charge < -0.3 is 0 Å². The van der Waals surface area contributed by atoms with Crippen molar-refractivity contribution in [3.63, 3.8) is 0 Å². The SMILES string of the molecule is C=CCN=Cc1c(C)[nH]n(-c2ccc([N+](=O)[O-])cc2)c1=O. The van der Waals surface area contributed by atoms with Crippen molar-refractivity contribution in [3.8, 4) is 5.69 Å². The first-order valence-electron chi connectivity index (χ1n) is 6.21. The van der Waals surface area contributed by atoms with Crippen LogP contribution in [0.1, 0.15) is 11.3 Å². The van der Waals surface area contributed by atoms with Crippen LogP contribution < -0.4 is 5.56 Å². The maximum absolute atomic E-state index is 12.3. The highest BCUT2D eigenvalue weighted by molar-refractivity contribution is 5.80. The Morgan fingerprint density at radius 2 is 2.10 bits per heavy atom. The van der Waals surface area contributed by atoms with E-state index in [1.807, 2.05) is 0 Å². The van der Waals surface area contributed by atoms with Crippen LogP contribution in [0.3, 0.4) is 0 Å². The number of benzene rings is 1. The molecule has 1 aromatic heterocycles. The molecule has 0 fully saturated rings. The van der Waals surface area contributed by atoms with Crippen LogP contribution in [0.15, 0.2) is 46.7 Å². The van der Waals surface area contributed by atoms with Gasteiger partial charge in [-0.15, -0.1) is 6.58 Å². The van der Waals surface area contributed by atoms with E-state index in [1.54, 1.807) is 13.0 Å². The molecule has 0 bridgehead atoms. The molecule has 2 rings (SSSR count). The van der Waals surface area contributed by atoms with Crippen LogP contribution in [0.4, 0.5) is 5.69 Å². The van der Waals surface area contributed by atoms with E-state index in [9.17, 15) is 14.9 Å². The third kappa shape index (κ3) is 2.97. The van der Waals surface area contributed by atoms with Crippen molar-refractivity contribution in [2.45, 2.75) is 6.92 Å². The Hall–Kier alpha value is -2.96. The number of hydrogen-bond donors (Lipinski definition) is 1. The van der Waals surface area contributed by atoms with Crippen molar-refractivity contribution >= 4 is 11.9 Å². The number of H-pyrrole nitrogens is 1. The summed E-state index contributed by atoms with van der Waals surface area (Å²) >= 11 is 0. The molecule has 0 aliphatic carbocycles. The summed E-state index contributed by atoms with van der Waals surface area (Å²) in [5.41, 5.74) is 1.37. The normalized spacial score (nSPS) is 10.9. The van der Waals surface area contributed by atoms with E-state index >= 15 is 0 Å². The lowest BCUT2D eigenvalue weighted by Crippen LogP contribution is -2.17. The zero-order valence-corrected chi connectivity index (χ0v) is 11.4. The minimum Gasteiger partial charge on any atom is -0.295 e. The number of aryl methyl sites for hydroxylation is 1. The largest absolute Gasteiger partial charge is 0.295 e. The third-order valence-electron chi connectivity index (χ3n) is 2.89. The lowest BCUT2D eigenvalue weighted by molar-refractivity contribution is -0.384. The number of nitrogens with one attached hydrogen (secondary N) is 1. The van der Waals surface area contributed by atoms with Crippen molar-refractivity contribution in [3.05, 3.63) is 68.6 Å². The summed E-state index contributed by atoms with van der Waals surface area (Å²) in [6, 6.07) is 5.73. The van der Waals surface area contributed by atoms with Gasteiger partial charge in [0, 0.05) is 24.0 Å². The van der Waals surface area contributed by atoms with Crippen LogP contribution in [-0.2, 0) is 0 Å². The second-order valence-electron chi connectivity index (χ2n) is 4.35. The number of aromatic amines is 1. The molecule has 0 aliphatic heterocycles. The molecule has 1 aromatic carbocycles. The molecule has 0 spiro atoms. The highest BCUT2D eigenvalue weighted by Gasteiger charge is 2.11. The maximum Gasteiger partial charge on any atom is 0.280 e. The Kier molecular flexibility index (Phi) is 4.13. The van der Waals surface area contributed by atoms with Gasteiger partial charge in [0.05, 0.1) is 22.7 Å². The van der Waals surface area contributed by atoms with Gasteiger partial charge in [-0.05, 0) is 19.1 Å². The van der Waals surface area contributed by atoms with Crippen molar-refractivity contribution in [1.82, 2.24) is 9.78 Å². The van der Waals surface area contributed by atoms with Gasteiger partial charge >= 0.3 is 0 Å². The third-order valence-corrected chi connectivity index (χ3v) is 2.89. The molecule has 7 heteroatoms. The molecule has 1 N–H and O–H groups in total. The van der Waals surface area contributed by atoms with E-state index in [1.165, 1.54) is 35.2 Å². The van der Waals surface area contributed by atoms with Gasteiger partial charge in [0.2, 0.25) is 0 Å². The van der Waals surface area contributed by atoms with Gasteiger partial charge in [-0.3, -0.25) is 25.0 Å². The van der Waals surface area contributed by atoms with Crippen LogP contribution in [0, 0.1) is 17.0 Å². The number of non-ortho nitro benzene ring substituents is 1.